The average Bonchev–Trinajstić information content (AvgIpc) is 3.03. The molecule has 2 heterocycles. The number of nitrogens with one attached hydrogen (secondary N) is 2. The topological polar surface area (TPSA) is 134 Å². The van der Waals surface area contributed by atoms with Gasteiger partial charge in [-0.3, -0.25) is 14.3 Å². The highest BCUT2D eigenvalue weighted by Crippen LogP contribution is 2.08. The smallest absolute Gasteiger partial charge is 0.305 e. The van der Waals surface area contributed by atoms with Crippen LogP contribution >= 0.6 is 11.3 Å². The lowest BCUT2D eigenvalue weighted by Gasteiger charge is -2.02. The van der Waals surface area contributed by atoms with E-state index in [9.17, 15) is 18.0 Å². The first-order valence-corrected chi connectivity index (χ1v) is 8.14. The minimum absolute atomic E-state index is 0.0403. The van der Waals surface area contributed by atoms with Crippen LogP contribution < -0.4 is 9.60 Å². The van der Waals surface area contributed by atoms with Gasteiger partial charge < -0.3 is 10.1 Å². The van der Waals surface area contributed by atoms with Gasteiger partial charge in [0, 0.05) is 17.3 Å². The van der Waals surface area contributed by atoms with Gasteiger partial charge in [-0.2, -0.15) is 5.10 Å². The van der Waals surface area contributed by atoms with Gasteiger partial charge in [0.2, 0.25) is 10.0 Å². The van der Waals surface area contributed by atoms with Crippen molar-refractivity contribution in [3.8, 4) is 0 Å². The van der Waals surface area contributed by atoms with E-state index in [1.165, 1.54) is 16.3 Å². The van der Waals surface area contributed by atoms with Crippen molar-refractivity contribution in [2.75, 3.05) is 0 Å². The van der Waals surface area contributed by atoms with E-state index in [1.807, 2.05) is 0 Å². The molecule has 0 saturated carbocycles. The van der Waals surface area contributed by atoms with Crippen LogP contribution in [0.25, 0.3) is 0 Å². The molecule has 0 bridgehead atoms. The molecule has 0 aromatic carbocycles. The third-order valence-corrected chi connectivity index (χ3v) is 4.57. The highest BCUT2D eigenvalue weighted by atomic mass is 32.2. The predicted molar refractivity (Wildman–Crippen MR) is 73.4 cm³/mol. The van der Waals surface area contributed by atoms with Gasteiger partial charge in [-0.1, -0.05) is 11.3 Å². The van der Waals surface area contributed by atoms with Gasteiger partial charge in [-0.25, -0.2) is 13.1 Å². The molecule has 2 rings (SSSR count). The summed E-state index contributed by atoms with van der Waals surface area (Å²) in [5, 5.41) is 13.9. The van der Waals surface area contributed by atoms with E-state index in [4.69, 9.17) is 5.11 Å². The second-order valence-corrected chi connectivity index (χ2v) is 6.69. The van der Waals surface area contributed by atoms with Crippen molar-refractivity contribution in [3.05, 3.63) is 33.1 Å². The number of aryl methyl sites for hydroxylation is 1. The Kier molecular flexibility index (Phi) is 4.55. The number of aromatic nitrogens is 3. The van der Waals surface area contributed by atoms with Gasteiger partial charge in [0.15, 0.2) is 0 Å². The Morgan fingerprint density at radius 1 is 1.52 bits per heavy atom. The van der Waals surface area contributed by atoms with Crippen molar-refractivity contribution in [2.24, 2.45) is 0 Å². The van der Waals surface area contributed by atoms with E-state index in [2.05, 4.69) is 14.8 Å². The molecule has 2 aromatic rings. The Hall–Kier alpha value is -1.98. The Morgan fingerprint density at radius 2 is 2.29 bits per heavy atom. The van der Waals surface area contributed by atoms with Crippen LogP contribution in [-0.4, -0.2) is 34.3 Å². The molecule has 0 saturated heterocycles. The summed E-state index contributed by atoms with van der Waals surface area (Å²) in [7, 11) is -3.77. The van der Waals surface area contributed by atoms with Crippen LogP contribution in [0, 0.1) is 0 Å². The number of H-pyrrole nitrogens is 1. The molecule has 0 unspecified atom stereocenters. The van der Waals surface area contributed by atoms with Crippen molar-refractivity contribution in [1.82, 2.24) is 19.5 Å². The van der Waals surface area contributed by atoms with Gasteiger partial charge in [0.1, 0.15) is 4.90 Å². The molecule has 21 heavy (non-hydrogen) atoms. The molecule has 11 heteroatoms. The summed E-state index contributed by atoms with van der Waals surface area (Å²) in [4.78, 5) is 23.5. The molecule has 9 nitrogen and oxygen atoms in total. The van der Waals surface area contributed by atoms with E-state index < -0.39 is 16.0 Å². The van der Waals surface area contributed by atoms with Crippen LogP contribution in [0.3, 0.4) is 0 Å². The van der Waals surface area contributed by atoms with Crippen LogP contribution in [0.2, 0.25) is 0 Å². The summed E-state index contributed by atoms with van der Waals surface area (Å²) in [5.74, 6) is -0.991. The number of rotatable bonds is 7. The number of hydrogen-bond donors (Lipinski definition) is 3. The van der Waals surface area contributed by atoms with Crippen molar-refractivity contribution in [2.45, 2.75) is 24.4 Å². The number of carbonyl (C=O) groups is 1. The molecule has 114 valence electrons. The Bertz CT molecular complexity index is 788. The molecular weight excluding hydrogens is 320 g/mol. The largest absolute Gasteiger partial charge is 0.481 e. The van der Waals surface area contributed by atoms with Gasteiger partial charge in [-0.15, -0.1) is 0 Å². The third kappa shape index (κ3) is 4.24. The maximum atomic E-state index is 12.0. The number of carboxylic acid groups (broad SMARTS) is 1. The number of thiazole rings is 1. The molecule has 2 aromatic heterocycles. The zero-order chi connectivity index (χ0) is 15.5. The second-order valence-electron chi connectivity index (χ2n) is 4.08. The van der Waals surface area contributed by atoms with Crippen molar-refractivity contribution in [3.63, 3.8) is 0 Å². The van der Waals surface area contributed by atoms with E-state index in [0.717, 1.165) is 17.5 Å². The number of aliphatic carboxylic acids is 1. The summed E-state index contributed by atoms with van der Waals surface area (Å²) >= 11 is 0.946. The highest BCUT2D eigenvalue weighted by molar-refractivity contribution is 7.89. The number of hydrogen-bond acceptors (Lipinski definition) is 6. The third-order valence-electron chi connectivity index (χ3n) is 2.50. The summed E-state index contributed by atoms with van der Waals surface area (Å²) in [5.41, 5.74) is 0.465. The average molecular weight is 332 g/mol. The molecule has 0 amide bonds. The minimum atomic E-state index is -3.77. The first kappa shape index (κ1) is 15.4. The Labute approximate surface area is 123 Å². The lowest BCUT2D eigenvalue weighted by Crippen LogP contribution is -2.23. The molecule has 0 aliphatic rings. The zero-order valence-electron chi connectivity index (χ0n) is 10.6. The van der Waals surface area contributed by atoms with E-state index in [1.54, 1.807) is 0 Å². The Morgan fingerprint density at radius 3 is 2.90 bits per heavy atom. The Balaban J connectivity index is 2.02. The summed E-state index contributed by atoms with van der Waals surface area (Å²) in [6, 6.07) is 0. The fraction of sp³-hybridized carbons (Fsp3) is 0.300. The summed E-state index contributed by atoms with van der Waals surface area (Å²) < 4.78 is 27.6. The second kappa shape index (κ2) is 6.20. The molecule has 0 spiro atoms. The molecular formula is C10H12N4O5S2. The maximum absolute atomic E-state index is 12.0. The maximum Gasteiger partial charge on any atom is 0.305 e. The summed E-state index contributed by atoms with van der Waals surface area (Å²) in [6.07, 6.45) is 2.24. The predicted octanol–water partition coefficient (Wildman–Crippen LogP) is -0.414. The molecule has 0 aliphatic carbocycles. The number of aromatic amines is 1. The molecule has 0 radical (unpaired) electrons. The molecule has 3 N–H and O–H groups in total. The SMILES string of the molecule is O=C(O)CCn1cc(S(=O)(=O)NCc2csc(=O)[nH]2)cn1. The van der Waals surface area contributed by atoms with Crippen molar-refractivity contribution >= 4 is 27.3 Å². The zero-order valence-corrected chi connectivity index (χ0v) is 12.3. The van der Waals surface area contributed by atoms with E-state index >= 15 is 0 Å². The minimum Gasteiger partial charge on any atom is -0.481 e. The molecule has 0 atom stereocenters. The van der Waals surface area contributed by atoms with Crippen molar-refractivity contribution < 1.29 is 18.3 Å². The fourth-order valence-electron chi connectivity index (χ4n) is 1.47. The van der Waals surface area contributed by atoms with Crippen LogP contribution in [-0.2, 0) is 27.9 Å². The van der Waals surface area contributed by atoms with Crippen LogP contribution in [0.5, 0.6) is 0 Å². The van der Waals surface area contributed by atoms with Gasteiger partial charge >= 0.3 is 10.8 Å². The number of sulfonamides is 1. The lowest BCUT2D eigenvalue weighted by atomic mass is 10.4. The monoisotopic (exact) mass is 332 g/mol. The van der Waals surface area contributed by atoms with E-state index in [0.29, 0.717) is 5.69 Å². The van der Waals surface area contributed by atoms with Gasteiger partial charge in [0.25, 0.3) is 0 Å². The molecule has 0 fully saturated rings. The standard InChI is InChI=1S/C10H12N4O5S2/c15-9(16)1-2-14-5-8(4-11-14)21(18,19)12-3-7-6-20-10(17)13-7/h4-6,12H,1-3H2,(H,13,17)(H,15,16). The quantitative estimate of drug-likeness (QED) is 0.631. The normalized spacial score (nSPS) is 11.6. The lowest BCUT2D eigenvalue weighted by molar-refractivity contribution is -0.137. The van der Waals surface area contributed by atoms with Crippen molar-refractivity contribution in [1.29, 1.82) is 0 Å². The van der Waals surface area contributed by atoms with Crippen LogP contribution in [0.1, 0.15) is 12.1 Å². The number of nitrogens with zero attached hydrogens (tertiary/aromatic N) is 2. The van der Waals surface area contributed by atoms with Crippen LogP contribution in [0.4, 0.5) is 0 Å². The highest BCUT2D eigenvalue weighted by Gasteiger charge is 2.16. The van der Waals surface area contributed by atoms with Crippen LogP contribution in [0.15, 0.2) is 27.5 Å². The fourth-order valence-corrected chi connectivity index (χ4v) is 3.01. The van der Waals surface area contributed by atoms with Gasteiger partial charge in [-0.05, 0) is 0 Å². The van der Waals surface area contributed by atoms with Gasteiger partial charge in [0.05, 0.1) is 25.7 Å². The number of carboxylic acids is 1. The summed E-state index contributed by atoms with van der Waals surface area (Å²) in [6.45, 7) is 0.0457. The first-order chi connectivity index (χ1) is 9.87. The first-order valence-electron chi connectivity index (χ1n) is 5.77. The van der Waals surface area contributed by atoms with E-state index in [-0.39, 0.29) is 29.3 Å². The molecule has 0 aliphatic heterocycles.